The molecule has 1 aromatic rings. The van der Waals surface area contributed by atoms with E-state index in [1.807, 2.05) is 6.07 Å². The normalized spacial score (nSPS) is 19.8. The van der Waals surface area contributed by atoms with Crippen LogP contribution >= 0.6 is 0 Å². The van der Waals surface area contributed by atoms with Crippen molar-refractivity contribution in [2.75, 3.05) is 79.6 Å². The third-order valence-corrected chi connectivity index (χ3v) is 6.62. The number of methoxy groups -OCH3 is 1. The molecule has 32 heavy (non-hydrogen) atoms. The summed E-state index contributed by atoms with van der Waals surface area (Å²) < 4.78 is 5.47. The average molecular weight is 445 g/mol. The van der Waals surface area contributed by atoms with Crippen LogP contribution in [0.5, 0.6) is 5.75 Å². The molecule has 0 aliphatic carbocycles. The van der Waals surface area contributed by atoms with Crippen molar-refractivity contribution >= 4 is 5.96 Å². The van der Waals surface area contributed by atoms with Crippen LogP contribution in [-0.2, 0) is 0 Å². The van der Waals surface area contributed by atoms with E-state index in [-0.39, 0.29) is 0 Å². The third-order valence-electron chi connectivity index (χ3n) is 6.62. The van der Waals surface area contributed by atoms with Crippen LogP contribution in [0.2, 0.25) is 0 Å². The second-order valence-corrected chi connectivity index (χ2v) is 9.03. The van der Waals surface area contributed by atoms with Crippen LogP contribution in [0.3, 0.4) is 0 Å². The first-order valence-corrected chi connectivity index (χ1v) is 12.5. The van der Waals surface area contributed by atoms with Crippen LogP contribution in [0.25, 0.3) is 0 Å². The summed E-state index contributed by atoms with van der Waals surface area (Å²) in [5, 5.41) is 6.98. The Bertz CT molecular complexity index is 683. The number of hydrogen-bond donors (Lipinski definition) is 2. The number of ether oxygens (including phenoxy) is 1. The fourth-order valence-corrected chi connectivity index (χ4v) is 4.59. The van der Waals surface area contributed by atoms with Gasteiger partial charge in [0.15, 0.2) is 5.96 Å². The molecule has 0 amide bonds. The van der Waals surface area contributed by atoms with Crippen molar-refractivity contribution in [2.45, 2.75) is 38.6 Å². The van der Waals surface area contributed by atoms with Gasteiger partial charge in [-0.2, -0.15) is 0 Å². The van der Waals surface area contributed by atoms with Gasteiger partial charge in [0.1, 0.15) is 5.75 Å². The highest BCUT2D eigenvalue weighted by Crippen LogP contribution is 2.27. The first-order valence-electron chi connectivity index (χ1n) is 12.5. The van der Waals surface area contributed by atoms with Gasteiger partial charge in [0.05, 0.1) is 19.7 Å². The number of piperazine rings is 1. The molecule has 2 fully saturated rings. The summed E-state index contributed by atoms with van der Waals surface area (Å²) in [7, 11) is 3.95. The minimum absolute atomic E-state index is 0.292. The molecule has 180 valence electrons. The zero-order valence-electron chi connectivity index (χ0n) is 20.5. The largest absolute Gasteiger partial charge is 0.497 e. The summed E-state index contributed by atoms with van der Waals surface area (Å²) >= 11 is 0. The van der Waals surface area contributed by atoms with E-state index in [9.17, 15) is 0 Å². The molecular formula is C25H44N6O. The summed E-state index contributed by atoms with van der Waals surface area (Å²) in [6, 6.07) is 8.77. The van der Waals surface area contributed by atoms with Crippen molar-refractivity contribution in [3.05, 3.63) is 29.8 Å². The molecule has 2 heterocycles. The average Bonchev–Trinajstić information content (AvgIpc) is 3.35. The highest BCUT2D eigenvalue weighted by Gasteiger charge is 2.23. The Morgan fingerprint density at radius 1 is 1.06 bits per heavy atom. The number of guanidine groups is 1. The molecule has 1 atom stereocenters. The molecule has 1 unspecified atom stereocenters. The number of likely N-dealkylation sites (tertiary alicyclic amines) is 1. The SMILES string of the molecule is CCNC(=NCC(c1cccc(OC)c1)N1CCCC1)NCCCCN1CCN(C)CC1. The number of unbranched alkanes of at least 4 members (excludes halogenated alkanes) is 1. The summed E-state index contributed by atoms with van der Waals surface area (Å²) in [4.78, 5) is 12.6. The van der Waals surface area contributed by atoms with Crippen LogP contribution in [0, 0.1) is 0 Å². The van der Waals surface area contributed by atoms with E-state index >= 15 is 0 Å². The van der Waals surface area contributed by atoms with Crippen molar-refractivity contribution in [1.82, 2.24) is 25.3 Å². The number of nitrogens with one attached hydrogen (secondary N) is 2. The molecule has 0 aromatic heterocycles. The van der Waals surface area contributed by atoms with E-state index in [4.69, 9.17) is 9.73 Å². The molecular weight excluding hydrogens is 400 g/mol. The van der Waals surface area contributed by atoms with Gasteiger partial charge in [-0.3, -0.25) is 9.89 Å². The van der Waals surface area contributed by atoms with Gasteiger partial charge in [-0.1, -0.05) is 12.1 Å². The van der Waals surface area contributed by atoms with E-state index in [0.29, 0.717) is 6.04 Å². The molecule has 0 spiro atoms. The van der Waals surface area contributed by atoms with Crippen LogP contribution in [0.15, 0.2) is 29.3 Å². The van der Waals surface area contributed by atoms with Gasteiger partial charge in [-0.25, -0.2) is 0 Å². The third kappa shape index (κ3) is 7.94. The van der Waals surface area contributed by atoms with Gasteiger partial charge >= 0.3 is 0 Å². The molecule has 2 aliphatic heterocycles. The minimum Gasteiger partial charge on any atom is -0.497 e. The summed E-state index contributed by atoms with van der Waals surface area (Å²) in [5.74, 6) is 1.85. The van der Waals surface area contributed by atoms with Crippen LogP contribution in [0.4, 0.5) is 0 Å². The molecule has 0 radical (unpaired) electrons. The maximum atomic E-state index is 5.47. The van der Waals surface area contributed by atoms with E-state index < -0.39 is 0 Å². The van der Waals surface area contributed by atoms with E-state index in [2.05, 4.69) is 57.5 Å². The maximum Gasteiger partial charge on any atom is 0.191 e. The van der Waals surface area contributed by atoms with E-state index in [1.165, 1.54) is 64.0 Å². The van der Waals surface area contributed by atoms with E-state index in [1.54, 1.807) is 7.11 Å². The molecule has 3 rings (SSSR count). The maximum absolute atomic E-state index is 5.47. The molecule has 1 aromatic carbocycles. The number of benzene rings is 1. The Hall–Kier alpha value is -1.83. The Morgan fingerprint density at radius 2 is 1.84 bits per heavy atom. The molecule has 7 heteroatoms. The summed E-state index contributed by atoms with van der Waals surface area (Å²) in [6.07, 6.45) is 4.95. The fraction of sp³-hybridized carbons (Fsp3) is 0.720. The minimum atomic E-state index is 0.292. The number of likely N-dealkylation sites (N-methyl/N-ethyl adjacent to an activating group) is 1. The standard InChI is InChI=1S/C25H44N6O/c1-4-26-25(27-12-5-6-13-30-18-16-29(2)17-19-30)28-21-24(31-14-7-8-15-31)22-10-9-11-23(20-22)32-3/h9-11,20,24H,4-8,12-19,21H2,1-3H3,(H2,26,27,28). The first kappa shape index (κ1) is 24.8. The lowest BCUT2D eigenvalue weighted by atomic mass is 10.1. The molecule has 2 N–H and O–H groups in total. The fourth-order valence-electron chi connectivity index (χ4n) is 4.59. The van der Waals surface area contributed by atoms with Gasteiger partial charge in [-0.05, 0) is 77.0 Å². The lowest BCUT2D eigenvalue weighted by molar-refractivity contribution is 0.152. The number of nitrogens with zero attached hydrogens (tertiary/aromatic N) is 4. The highest BCUT2D eigenvalue weighted by atomic mass is 16.5. The second kappa shape index (κ2) is 13.7. The van der Waals surface area contributed by atoms with Gasteiger partial charge in [-0.15, -0.1) is 0 Å². The van der Waals surface area contributed by atoms with Crippen molar-refractivity contribution in [3.8, 4) is 5.75 Å². The van der Waals surface area contributed by atoms with Crippen molar-refractivity contribution in [2.24, 2.45) is 4.99 Å². The molecule has 2 aliphatic rings. The monoisotopic (exact) mass is 444 g/mol. The van der Waals surface area contributed by atoms with Crippen LogP contribution in [0.1, 0.15) is 44.2 Å². The molecule has 7 nitrogen and oxygen atoms in total. The zero-order valence-corrected chi connectivity index (χ0v) is 20.5. The zero-order chi connectivity index (χ0) is 22.6. The Morgan fingerprint density at radius 3 is 2.56 bits per heavy atom. The van der Waals surface area contributed by atoms with Crippen molar-refractivity contribution < 1.29 is 4.74 Å². The molecule has 2 saturated heterocycles. The predicted octanol–water partition coefficient (Wildman–Crippen LogP) is 2.41. The van der Waals surface area contributed by atoms with Crippen LogP contribution < -0.4 is 15.4 Å². The highest BCUT2D eigenvalue weighted by molar-refractivity contribution is 5.79. The summed E-state index contributed by atoms with van der Waals surface area (Å²) in [5.41, 5.74) is 1.29. The summed E-state index contributed by atoms with van der Waals surface area (Å²) in [6.45, 7) is 13.0. The van der Waals surface area contributed by atoms with E-state index in [0.717, 1.165) is 44.4 Å². The van der Waals surface area contributed by atoms with Gasteiger partial charge in [0.2, 0.25) is 0 Å². The van der Waals surface area contributed by atoms with Gasteiger partial charge in [0.25, 0.3) is 0 Å². The molecule has 0 bridgehead atoms. The van der Waals surface area contributed by atoms with Crippen molar-refractivity contribution in [3.63, 3.8) is 0 Å². The quantitative estimate of drug-likeness (QED) is 0.311. The Labute approximate surface area is 195 Å². The lowest BCUT2D eigenvalue weighted by Crippen LogP contribution is -2.44. The second-order valence-electron chi connectivity index (χ2n) is 9.03. The molecule has 0 saturated carbocycles. The Kier molecular flexibility index (Phi) is 10.6. The van der Waals surface area contributed by atoms with Gasteiger partial charge in [0, 0.05) is 39.3 Å². The smallest absolute Gasteiger partial charge is 0.191 e. The van der Waals surface area contributed by atoms with Gasteiger partial charge < -0.3 is 25.2 Å². The number of hydrogen-bond acceptors (Lipinski definition) is 5. The first-order chi connectivity index (χ1) is 15.7. The topological polar surface area (TPSA) is 55.4 Å². The number of aliphatic imine (C=N–C) groups is 1. The Balaban J connectivity index is 1.50. The lowest BCUT2D eigenvalue weighted by Gasteiger charge is -2.32. The van der Waals surface area contributed by atoms with Crippen LogP contribution in [-0.4, -0.2) is 100 Å². The predicted molar refractivity (Wildman–Crippen MR) is 134 cm³/mol. The number of rotatable bonds is 11. The van der Waals surface area contributed by atoms with Crippen molar-refractivity contribution in [1.29, 1.82) is 0 Å².